The minimum Gasteiger partial charge on any atom is -0.463 e. The molecule has 1 aromatic carbocycles. The van der Waals surface area contributed by atoms with Crippen LogP contribution in [0.1, 0.15) is 45.7 Å². The van der Waals surface area contributed by atoms with E-state index < -0.39 is 24.0 Å². The van der Waals surface area contributed by atoms with E-state index in [-0.39, 0.29) is 43.3 Å². The molecular weight excluding hydrogens is 370 g/mol. The Hall–Kier alpha value is -2.12. The Morgan fingerprint density at radius 2 is 1.67 bits per heavy atom. The molecule has 1 rings (SSSR count). The van der Waals surface area contributed by atoms with Crippen molar-refractivity contribution in [3.63, 3.8) is 0 Å². The summed E-state index contributed by atoms with van der Waals surface area (Å²) in [6.45, 7) is 6.98. The van der Waals surface area contributed by atoms with E-state index in [1.54, 1.807) is 13.8 Å². The van der Waals surface area contributed by atoms with Crippen LogP contribution < -0.4 is 16.4 Å². The molecule has 0 aliphatic carbocycles. The van der Waals surface area contributed by atoms with Gasteiger partial charge in [0.15, 0.2) is 0 Å². The molecule has 0 bridgehead atoms. The third-order valence-electron chi connectivity index (χ3n) is 3.72. The fourth-order valence-corrected chi connectivity index (χ4v) is 2.25. The average Bonchev–Trinajstić information content (AvgIpc) is 2.58. The second-order valence-corrected chi connectivity index (χ2v) is 6.76. The molecule has 0 aliphatic heterocycles. The highest BCUT2D eigenvalue weighted by Gasteiger charge is 2.21. The lowest BCUT2D eigenvalue weighted by atomic mass is 10.0. The van der Waals surface area contributed by atoms with Gasteiger partial charge in [-0.05, 0) is 25.3 Å². The second kappa shape index (κ2) is 12.3. The predicted molar refractivity (Wildman–Crippen MR) is 106 cm³/mol. The van der Waals surface area contributed by atoms with Gasteiger partial charge >= 0.3 is 5.97 Å². The summed E-state index contributed by atoms with van der Waals surface area (Å²) in [6, 6.07) is 7.93. The molecule has 0 heterocycles. The Bertz CT molecular complexity index is 608. The first-order valence-corrected chi connectivity index (χ1v) is 8.77. The van der Waals surface area contributed by atoms with Crippen molar-refractivity contribution in [2.24, 2.45) is 11.7 Å². The van der Waals surface area contributed by atoms with Crippen molar-refractivity contribution in [2.75, 3.05) is 6.54 Å². The molecule has 1 unspecified atom stereocenters. The molecule has 0 radical (unpaired) electrons. The van der Waals surface area contributed by atoms with Gasteiger partial charge in [-0.25, -0.2) is 0 Å². The van der Waals surface area contributed by atoms with Gasteiger partial charge in [-0.3, -0.25) is 14.4 Å². The molecule has 1 aromatic rings. The standard InChI is InChI=1S/C19H29N3O4.ClH/c1-12(2)18(20)19(25)21-11-16(23)22-15(10-17(24)26-13(3)4)14-8-6-5-7-9-14;/h5-9,12-13,15,18H,10-11,20H2,1-4H3,(H,21,25)(H,22,23);1H/t15?,18-;/m0./s1. The third-order valence-corrected chi connectivity index (χ3v) is 3.72. The number of benzene rings is 1. The highest BCUT2D eigenvalue weighted by atomic mass is 35.5. The van der Waals surface area contributed by atoms with Crippen LogP contribution >= 0.6 is 12.4 Å². The maximum Gasteiger partial charge on any atom is 0.308 e. The smallest absolute Gasteiger partial charge is 0.308 e. The molecule has 0 spiro atoms. The normalized spacial score (nSPS) is 12.7. The maximum atomic E-state index is 12.2. The zero-order chi connectivity index (χ0) is 19.7. The van der Waals surface area contributed by atoms with Crippen LogP contribution in [0, 0.1) is 5.92 Å². The van der Waals surface area contributed by atoms with Gasteiger partial charge in [0.2, 0.25) is 11.8 Å². The number of nitrogens with two attached hydrogens (primary N) is 1. The number of hydrogen-bond donors (Lipinski definition) is 3. The van der Waals surface area contributed by atoms with Gasteiger partial charge in [-0.2, -0.15) is 0 Å². The molecule has 7 nitrogen and oxygen atoms in total. The summed E-state index contributed by atoms with van der Waals surface area (Å²) >= 11 is 0. The van der Waals surface area contributed by atoms with E-state index in [1.807, 2.05) is 44.2 Å². The van der Waals surface area contributed by atoms with E-state index in [0.717, 1.165) is 5.56 Å². The number of nitrogens with one attached hydrogen (secondary N) is 2. The summed E-state index contributed by atoms with van der Waals surface area (Å²) in [5.41, 5.74) is 6.53. The van der Waals surface area contributed by atoms with Crippen molar-refractivity contribution in [1.82, 2.24) is 10.6 Å². The third kappa shape index (κ3) is 9.40. The second-order valence-electron chi connectivity index (χ2n) is 6.76. The lowest BCUT2D eigenvalue weighted by molar-refractivity contribution is -0.148. The summed E-state index contributed by atoms with van der Waals surface area (Å²) < 4.78 is 5.16. The number of esters is 1. The van der Waals surface area contributed by atoms with Crippen LogP contribution in [0.4, 0.5) is 0 Å². The first-order chi connectivity index (χ1) is 12.2. The van der Waals surface area contributed by atoms with E-state index in [1.165, 1.54) is 0 Å². The minimum absolute atomic E-state index is 0. The van der Waals surface area contributed by atoms with Gasteiger partial charge in [0.1, 0.15) is 0 Å². The Morgan fingerprint density at radius 3 is 2.19 bits per heavy atom. The largest absolute Gasteiger partial charge is 0.463 e. The number of rotatable bonds is 9. The summed E-state index contributed by atoms with van der Waals surface area (Å²) in [6.07, 6.45) is -0.223. The van der Waals surface area contributed by atoms with E-state index >= 15 is 0 Å². The van der Waals surface area contributed by atoms with Gasteiger partial charge in [0, 0.05) is 0 Å². The lowest BCUT2D eigenvalue weighted by Gasteiger charge is -2.20. The summed E-state index contributed by atoms with van der Waals surface area (Å²) in [7, 11) is 0. The number of amides is 2. The van der Waals surface area contributed by atoms with Crippen LogP contribution in [0.15, 0.2) is 30.3 Å². The first kappa shape index (κ1) is 24.9. The highest BCUT2D eigenvalue weighted by molar-refractivity contribution is 5.87. The van der Waals surface area contributed by atoms with E-state index in [9.17, 15) is 14.4 Å². The SMILES string of the molecule is CC(C)OC(=O)CC(NC(=O)CNC(=O)[C@@H](N)C(C)C)c1ccccc1.Cl. The molecule has 0 saturated heterocycles. The highest BCUT2D eigenvalue weighted by Crippen LogP contribution is 2.17. The Kier molecular flexibility index (Phi) is 11.3. The van der Waals surface area contributed by atoms with Crippen molar-refractivity contribution < 1.29 is 19.1 Å². The van der Waals surface area contributed by atoms with Crippen LogP contribution in [0.2, 0.25) is 0 Å². The Balaban J connectivity index is 0.00000676. The van der Waals surface area contributed by atoms with Crippen LogP contribution in [-0.2, 0) is 19.1 Å². The van der Waals surface area contributed by atoms with Crippen molar-refractivity contribution in [1.29, 1.82) is 0 Å². The lowest BCUT2D eigenvalue weighted by Crippen LogP contribution is -2.47. The number of ether oxygens (including phenoxy) is 1. The molecule has 0 aromatic heterocycles. The van der Waals surface area contributed by atoms with Gasteiger partial charge in [0.25, 0.3) is 0 Å². The monoisotopic (exact) mass is 399 g/mol. The minimum atomic E-state index is -0.672. The molecule has 0 fully saturated rings. The fourth-order valence-electron chi connectivity index (χ4n) is 2.25. The maximum absolute atomic E-state index is 12.2. The van der Waals surface area contributed by atoms with E-state index in [2.05, 4.69) is 10.6 Å². The summed E-state index contributed by atoms with van der Waals surface area (Å²) in [5.74, 6) is -1.22. The molecule has 2 atom stereocenters. The number of halogens is 1. The summed E-state index contributed by atoms with van der Waals surface area (Å²) in [4.78, 5) is 36.1. The number of carbonyl (C=O) groups is 3. The van der Waals surface area contributed by atoms with Crippen molar-refractivity contribution in [3.8, 4) is 0 Å². The molecule has 4 N–H and O–H groups in total. The zero-order valence-corrected chi connectivity index (χ0v) is 17.0. The van der Waals surface area contributed by atoms with Gasteiger partial charge < -0.3 is 21.1 Å². The van der Waals surface area contributed by atoms with Gasteiger partial charge in [-0.1, -0.05) is 44.2 Å². The fraction of sp³-hybridized carbons (Fsp3) is 0.526. The topological polar surface area (TPSA) is 111 Å². The Labute approximate surface area is 166 Å². The van der Waals surface area contributed by atoms with E-state index in [0.29, 0.717) is 0 Å². The molecule has 8 heteroatoms. The zero-order valence-electron chi connectivity index (χ0n) is 16.2. The average molecular weight is 400 g/mol. The van der Waals surface area contributed by atoms with E-state index in [4.69, 9.17) is 10.5 Å². The molecule has 0 aliphatic rings. The van der Waals surface area contributed by atoms with Crippen LogP contribution in [0.25, 0.3) is 0 Å². The summed E-state index contributed by atoms with van der Waals surface area (Å²) in [5, 5.41) is 5.28. The molecule has 27 heavy (non-hydrogen) atoms. The Morgan fingerprint density at radius 1 is 1.07 bits per heavy atom. The van der Waals surface area contributed by atoms with Gasteiger partial charge in [0.05, 0.1) is 31.2 Å². The van der Waals surface area contributed by atoms with Gasteiger partial charge in [-0.15, -0.1) is 12.4 Å². The van der Waals surface area contributed by atoms with Crippen molar-refractivity contribution in [3.05, 3.63) is 35.9 Å². The first-order valence-electron chi connectivity index (χ1n) is 8.77. The predicted octanol–water partition coefficient (Wildman–Crippen LogP) is 1.71. The number of carbonyl (C=O) groups excluding carboxylic acids is 3. The van der Waals surface area contributed by atoms with Crippen LogP contribution in [-0.4, -0.2) is 36.5 Å². The molecular formula is C19H30ClN3O4. The van der Waals surface area contributed by atoms with Crippen LogP contribution in [0.5, 0.6) is 0 Å². The molecule has 2 amide bonds. The molecule has 0 saturated carbocycles. The molecule has 152 valence electrons. The van der Waals surface area contributed by atoms with Crippen molar-refractivity contribution in [2.45, 2.75) is 52.3 Å². The number of hydrogen-bond acceptors (Lipinski definition) is 5. The van der Waals surface area contributed by atoms with Crippen molar-refractivity contribution >= 4 is 30.2 Å². The quantitative estimate of drug-likeness (QED) is 0.547. The van der Waals surface area contributed by atoms with Crippen LogP contribution in [0.3, 0.4) is 0 Å².